The maximum atomic E-state index is 13.3. The predicted molar refractivity (Wildman–Crippen MR) is 62.8 cm³/mol. The molecule has 1 nitrogen and oxygen atoms in total. The Hall–Kier alpha value is -1.10. The van der Waals surface area contributed by atoms with Crippen molar-refractivity contribution in [2.24, 2.45) is 0 Å². The molecule has 0 amide bonds. The molecule has 0 heterocycles. The summed E-state index contributed by atoms with van der Waals surface area (Å²) in [6, 6.07) is 4.70. The Bertz CT molecular complexity index is 387. The third-order valence-corrected chi connectivity index (χ3v) is 2.78. The summed E-state index contributed by atoms with van der Waals surface area (Å²) in [5, 5.41) is 2.95. The molecule has 0 fully saturated rings. The largest absolute Gasteiger partial charge is 0.389 e. The van der Waals surface area contributed by atoms with Crippen LogP contribution in [0, 0.1) is 12.7 Å². The van der Waals surface area contributed by atoms with Gasteiger partial charge in [-0.2, -0.15) is 13.2 Å². The monoisotopic (exact) mass is 263 g/mol. The fourth-order valence-corrected chi connectivity index (χ4v) is 1.60. The molecule has 0 aliphatic rings. The normalized spacial score (nSPS) is 13.7. The average Bonchev–Trinajstić information content (AvgIpc) is 2.26. The zero-order chi connectivity index (χ0) is 13.8. The zero-order valence-electron chi connectivity index (χ0n) is 10.4. The summed E-state index contributed by atoms with van der Waals surface area (Å²) in [5.74, 6) is -0.295. The molecule has 1 unspecified atom stereocenters. The van der Waals surface area contributed by atoms with Gasteiger partial charge >= 0.3 is 6.18 Å². The maximum absolute atomic E-state index is 13.3. The molecular weight excluding hydrogens is 246 g/mol. The van der Waals surface area contributed by atoms with Gasteiger partial charge in [-0.05, 0) is 44.0 Å². The van der Waals surface area contributed by atoms with Crippen LogP contribution in [0.15, 0.2) is 18.2 Å². The van der Waals surface area contributed by atoms with Crippen LogP contribution in [0.25, 0.3) is 0 Å². The van der Waals surface area contributed by atoms with Crippen molar-refractivity contribution >= 4 is 0 Å². The summed E-state index contributed by atoms with van der Waals surface area (Å²) in [6.07, 6.45) is -4.88. The SMILES string of the molecule is Cc1ccc(C(C)NCCCC(F)(F)F)cc1F. The molecule has 0 aromatic heterocycles. The van der Waals surface area contributed by atoms with Crippen molar-refractivity contribution in [2.45, 2.75) is 38.9 Å². The van der Waals surface area contributed by atoms with Crippen LogP contribution in [0.2, 0.25) is 0 Å². The standard InChI is InChI=1S/C13H17F4N/c1-9-4-5-11(8-12(9)14)10(2)18-7-3-6-13(15,16)17/h4-5,8,10,18H,3,6-7H2,1-2H3. The van der Waals surface area contributed by atoms with Crippen molar-refractivity contribution < 1.29 is 17.6 Å². The summed E-state index contributed by atoms with van der Waals surface area (Å²) < 4.78 is 49.1. The first-order valence-corrected chi connectivity index (χ1v) is 5.86. The number of alkyl halides is 3. The zero-order valence-corrected chi connectivity index (χ0v) is 10.4. The molecule has 1 aromatic rings. The topological polar surface area (TPSA) is 12.0 Å². The Labute approximate surface area is 104 Å². The van der Waals surface area contributed by atoms with Crippen molar-refractivity contribution in [2.75, 3.05) is 6.54 Å². The Morgan fingerprint density at radius 3 is 2.50 bits per heavy atom. The number of aryl methyl sites for hydroxylation is 1. The Kier molecular flexibility index (Phi) is 5.14. The van der Waals surface area contributed by atoms with Crippen molar-refractivity contribution in [1.82, 2.24) is 5.32 Å². The summed E-state index contributed by atoms with van der Waals surface area (Å²) >= 11 is 0. The van der Waals surface area contributed by atoms with E-state index in [1.807, 2.05) is 0 Å². The van der Waals surface area contributed by atoms with Crippen molar-refractivity contribution in [3.63, 3.8) is 0 Å². The van der Waals surface area contributed by atoms with Gasteiger partial charge < -0.3 is 5.32 Å². The van der Waals surface area contributed by atoms with Gasteiger partial charge in [0.2, 0.25) is 0 Å². The van der Waals surface area contributed by atoms with E-state index < -0.39 is 12.6 Å². The second-order valence-corrected chi connectivity index (χ2v) is 4.40. The van der Waals surface area contributed by atoms with E-state index in [9.17, 15) is 17.6 Å². The molecule has 102 valence electrons. The highest BCUT2D eigenvalue weighted by molar-refractivity contribution is 5.25. The minimum atomic E-state index is -4.11. The van der Waals surface area contributed by atoms with E-state index in [1.54, 1.807) is 26.0 Å². The van der Waals surface area contributed by atoms with Crippen LogP contribution in [0.4, 0.5) is 17.6 Å². The van der Waals surface area contributed by atoms with E-state index >= 15 is 0 Å². The van der Waals surface area contributed by atoms with E-state index in [-0.39, 0.29) is 24.8 Å². The highest BCUT2D eigenvalue weighted by Crippen LogP contribution is 2.21. The molecule has 0 radical (unpaired) electrons. The number of benzene rings is 1. The van der Waals surface area contributed by atoms with Crippen LogP contribution < -0.4 is 5.32 Å². The lowest BCUT2D eigenvalue weighted by atomic mass is 10.1. The van der Waals surface area contributed by atoms with Gasteiger partial charge in [0.25, 0.3) is 0 Å². The molecule has 5 heteroatoms. The van der Waals surface area contributed by atoms with E-state index in [0.29, 0.717) is 5.56 Å². The molecule has 1 rings (SSSR count). The molecule has 0 aliphatic carbocycles. The summed E-state index contributed by atoms with van der Waals surface area (Å²) in [7, 11) is 0. The first-order valence-electron chi connectivity index (χ1n) is 5.86. The molecule has 1 N–H and O–H groups in total. The maximum Gasteiger partial charge on any atom is 0.389 e. The van der Waals surface area contributed by atoms with Crippen LogP contribution >= 0.6 is 0 Å². The first-order chi connectivity index (χ1) is 8.29. The van der Waals surface area contributed by atoms with Crippen LogP contribution in [-0.4, -0.2) is 12.7 Å². The first kappa shape index (κ1) is 15.0. The van der Waals surface area contributed by atoms with Crippen LogP contribution in [0.5, 0.6) is 0 Å². The molecule has 18 heavy (non-hydrogen) atoms. The van der Waals surface area contributed by atoms with Gasteiger partial charge in [-0.15, -0.1) is 0 Å². The average molecular weight is 263 g/mol. The minimum Gasteiger partial charge on any atom is -0.310 e. The van der Waals surface area contributed by atoms with E-state index in [0.717, 1.165) is 5.56 Å². The van der Waals surface area contributed by atoms with Gasteiger partial charge in [0.1, 0.15) is 5.82 Å². The molecule has 0 aliphatic heterocycles. The Morgan fingerprint density at radius 1 is 1.28 bits per heavy atom. The van der Waals surface area contributed by atoms with E-state index in [1.165, 1.54) is 6.07 Å². The predicted octanol–water partition coefficient (Wildman–Crippen LogP) is 4.13. The number of rotatable bonds is 5. The van der Waals surface area contributed by atoms with Gasteiger partial charge in [-0.3, -0.25) is 0 Å². The Balaban J connectivity index is 2.41. The number of halogens is 4. The lowest BCUT2D eigenvalue weighted by molar-refractivity contribution is -0.135. The molecule has 0 saturated heterocycles. The Morgan fingerprint density at radius 2 is 1.94 bits per heavy atom. The summed E-state index contributed by atoms with van der Waals surface area (Å²) in [5.41, 5.74) is 1.30. The minimum absolute atomic E-state index is 0.0299. The molecule has 0 spiro atoms. The van der Waals surface area contributed by atoms with Gasteiger partial charge in [0, 0.05) is 12.5 Å². The van der Waals surface area contributed by atoms with Gasteiger partial charge in [-0.25, -0.2) is 4.39 Å². The van der Waals surface area contributed by atoms with Crippen LogP contribution in [0.3, 0.4) is 0 Å². The van der Waals surface area contributed by atoms with Crippen molar-refractivity contribution in [1.29, 1.82) is 0 Å². The lowest BCUT2D eigenvalue weighted by Crippen LogP contribution is -2.21. The van der Waals surface area contributed by atoms with Crippen LogP contribution in [-0.2, 0) is 0 Å². The van der Waals surface area contributed by atoms with Gasteiger partial charge in [0.15, 0.2) is 0 Å². The second-order valence-electron chi connectivity index (χ2n) is 4.40. The van der Waals surface area contributed by atoms with Crippen LogP contribution in [0.1, 0.15) is 36.9 Å². The molecule has 0 saturated carbocycles. The number of nitrogens with one attached hydrogen (secondary N) is 1. The van der Waals surface area contributed by atoms with E-state index in [4.69, 9.17) is 0 Å². The highest BCUT2D eigenvalue weighted by atomic mass is 19.4. The van der Waals surface area contributed by atoms with Crippen molar-refractivity contribution in [3.05, 3.63) is 35.1 Å². The number of hydrogen-bond donors (Lipinski definition) is 1. The smallest absolute Gasteiger partial charge is 0.310 e. The molecular formula is C13H17F4N. The quantitative estimate of drug-likeness (QED) is 0.622. The van der Waals surface area contributed by atoms with Gasteiger partial charge in [0.05, 0.1) is 0 Å². The molecule has 1 aromatic carbocycles. The van der Waals surface area contributed by atoms with Gasteiger partial charge in [-0.1, -0.05) is 12.1 Å². The summed E-state index contributed by atoms with van der Waals surface area (Å²) in [6.45, 7) is 3.73. The highest BCUT2D eigenvalue weighted by Gasteiger charge is 2.25. The van der Waals surface area contributed by atoms with Crippen molar-refractivity contribution in [3.8, 4) is 0 Å². The fourth-order valence-electron chi connectivity index (χ4n) is 1.60. The second kappa shape index (κ2) is 6.18. The fraction of sp³-hybridized carbons (Fsp3) is 0.538. The molecule has 1 atom stereocenters. The summed E-state index contributed by atoms with van der Waals surface area (Å²) in [4.78, 5) is 0. The third kappa shape index (κ3) is 5.04. The number of hydrogen-bond acceptors (Lipinski definition) is 1. The van der Waals surface area contributed by atoms with E-state index in [2.05, 4.69) is 5.32 Å². The third-order valence-electron chi connectivity index (χ3n) is 2.78. The molecule has 0 bridgehead atoms. The lowest BCUT2D eigenvalue weighted by Gasteiger charge is -2.15.